The standard InChI is InChI=1S/C18H32N2OSi/c1-18(2,3)22(4,5)21-17-11-16(19)13-20(14-17)12-15-9-7-6-8-10-15/h6-10,16-17H,11-14,19H2,1-5H3/t16-,17?/m0/s1. The molecule has 0 bridgehead atoms. The topological polar surface area (TPSA) is 38.5 Å². The molecule has 0 spiro atoms. The van der Waals surface area contributed by atoms with E-state index in [9.17, 15) is 0 Å². The van der Waals surface area contributed by atoms with Crippen LogP contribution in [0.3, 0.4) is 0 Å². The van der Waals surface area contributed by atoms with Crippen LogP contribution in [-0.4, -0.2) is 38.5 Å². The Morgan fingerprint density at radius 3 is 2.41 bits per heavy atom. The molecule has 0 saturated carbocycles. The first-order valence-electron chi connectivity index (χ1n) is 8.37. The molecule has 0 aromatic heterocycles. The molecule has 1 aromatic rings. The lowest BCUT2D eigenvalue weighted by molar-refractivity contribution is 0.0636. The molecule has 1 fully saturated rings. The maximum absolute atomic E-state index is 6.60. The van der Waals surface area contributed by atoms with Gasteiger partial charge in [0.2, 0.25) is 0 Å². The van der Waals surface area contributed by atoms with Gasteiger partial charge in [0, 0.05) is 25.7 Å². The summed E-state index contributed by atoms with van der Waals surface area (Å²) in [6, 6.07) is 10.8. The maximum Gasteiger partial charge on any atom is 0.192 e. The van der Waals surface area contributed by atoms with Gasteiger partial charge in [-0.1, -0.05) is 51.1 Å². The zero-order chi connectivity index (χ0) is 16.4. The molecule has 0 radical (unpaired) electrons. The Bertz CT molecular complexity index is 470. The molecule has 2 rings (SSSR count). The van der Waals surface area contributed by atoms with E-state index in [4.69, 9.17) is 10.2 Å². The normalized spacial score (nSPS) is 24.5. The molecule has 4 heteroatoms. The average Bonchev–Trinajstić information content (AvgIpc) is 2.37. The van der Waals surface area contributed by atoms with Crippen LogP contribution in [0.25, 0.3) is 0 Å². The summed E-state index contributed by atoms with van der Waals surface area (Å²) in [5, 5.41) is 0.249. The van der Waals surface area contributed by atoms with Gasteiger partial charge >= 0.3 is 0 Å². The average molecular weight is 321 g/mol. The van der Waals surface area contributed by atoms with Crippen molar-refractivity contribution >= 4 is 8.32 Å². The molecule has 0 aliphatic carbocycles. The Balaban J connectivity index is 1.99. The minimum Gasteiger partial charge on any atom is -0.413 e. The molecule has 1 aliphatic heterocycles. The largest absolute Gasteiger partial charge is 0.413 e. The fraction of sp³-hybridized carbons (Fsp3) is 0.667. The van der Waals surface area contributed by atoms with E-state index in [0.29, 0.717) is 0 Å². The summed E-state index contributed by atoms with van der Waals surface area (Å²) in [4.78, 5) is 2.45. The number of likely N-dealkylation sites (tertiary alicyclic amines) is 1. The minimum atomic E-state index is -1.73. The number of nitrogens with two attached hydrogens (primary N) is 1. The van der Waals surface area contributed by atoms with Gasteiger partial charge in [0.1, 0.15) is 0 Å². The first-order chi connectivity index (χ1) is 10.2. The predicted octanol–water partition coefficient (Wildman–Crippen LogP) is 3.61. The van der Waals surface area contributed by atoms with E-state index in [-0.39, 0.29) is 17.2 Å². The van der Waals surface area contributed by atoms with Gasteiger partial charge in [-0.2, -0.15) is 0 Å². The monoisotopic (exact) mass is 320 g/mol. The fourth-order valence-corrected chi connectivity index (χ4v) is 4.19. The van der Waals surface area contributed by atoms with Crippen LogP contribution < -0.4 is 5.73 Å². The van der Waals surface area contributed by atoms with Crippen LogP contribution in [0.5, 0.6) is 0 Å². The number of hydrogen-bond acceptors (Lipinski definition) is 3. The van der Waals surface area contributed by atoms with Gasteiger partial charge in [0.15, 0.2) is 8.32 Å². The van der Waals surface area contributed by atoms with Gasteiger partial charge in [-0.05, 0) is 30.1 Å². The molecule has 2 atom stereocenters. The van der Waals surface area contributed by atoms with E-state index < -0.39 is 8.32 Å². The third-order valence-electron chi connectivity index (χ3n) is 5.04. The van der Waals surface area contributed by atoms with E-state index in [1.54, 1.807) is 0 Å². The van der Waals surface area contributed by atoms with Gasteiger partial charge < -0.3 is 10.2 Å². The zero-order valence-electron chi connectivity index (χ0n) is 14.8. The van der Waals surface area contributed by atoms with Crippen LogP contribution in [0.4, 0.5) is 0 Å². The lowest BCUT2D eigenvalue weighted by atomic mass is 10.0. The Hall–Kier alpha value is -0.683. The van der Waals surface area contributed by atoms with Crippen molar-refractivity contribution in [2.45, 2.75) is 64.0 Å². The molecular formula is C18H32N2OSi. The predicted molar refractivity (Wildman–Crippen MR) is 96.4 cm³/mol. The number of rotatable bonds is 4. The van der Waals surface area contributed by atoms with E-state index in [1.807, 2.05) is 0 Å². The summed E-state index contributed by atoms with van der Waals surface area (Å²) in [5.41, 5.74) is 7.64. The van der Waals surface area contributed by atoms with Crippen molar-refractivity contribution in [2.75, 3.05) is 13.1 Å². The SMILES string of the molecule is CC(C)(C)[Si](C)(C)OC1C[C@H](N)CN(Cc2ccccc2)C1. The Morgan fingerprint density at radius 1 is 1.18 bits per heavy atom. The van der Waals surface area contributed by atoms with Crippen LogP contribution in [0.1, 0.15) is 32.8 Å². The maximum atomic E-state index is 6.60. The van der Waals surface area contributed by atoms with E-state index in [2.05, 4.69) is 69.1 Å². The second-order valence-corrected chi connectivity index (χ2v) is 12.9. The Morgan fingerprint density at radius 2 is 1.82 bits per heavy atom. The summed E-state index contributed by atoms with van der Waals surface area (Å²) in [6.45, 7) is 14.5. The van der Waals surface area contributed by atoms with Crippen molar-refractivity contribution < 1.29 is 4.43 Å². The second-order valence-electron chi connectivity index (χ2n) is 8.18. The lowest BCUT2D eigenvalue weighted by Crippen LogP contribution is -2.54. The number of hydrogen-bond donors (Lipinski definition) is 1. The molecule has 22 heavy (non-hydrogen) atoms. The molecule has 1 aromatic carbocycles. The van der Waals surface area contributed by atoms with Crippen LogP contribution in [-0.2, 0) is 11.0 Å². The van der Waals surface area contributed by atoms with Crippen molar-refractivity contribution in [1.82, 2.24) is 4.90 Å². The summed E-state index contributed by atoms with van der Waals surface area (Å²) in [6.07, 6.45) is 1.26. The number of nitrogens with zero attached hydrogens (tertiary/aromatic N) is 1. The molecule has 1 heterocycles. The van der Waals surface area contributed by atoms with Gasteiger partial charge in [0.05, 0.1) is 6.10 Å². The lowest BCUT2D eigenvalue weighted by Gasteiger charge is -2.43. The fourth-order valence-electron chi connectivity index (χ4n) is 2.83. The summed E-state index contributed by atoms with van der Waals surface area (Å²) in [7, 11) is -1.73. The summed E-state index contributed by atoms with van der Waals surface area (Å²) < 4.78 is 6.60. The van der Waals surface area contributed by atoms with Crippen LogP contribution in [0.15, 0.2) is 30.3 Å². The molecule has 1 saturated heterocycles. The molecule has 124 valence electrons. The van der Waals surface area contributed by atoms with Crippen molar-refractivity contribution in [1.29, 1.82) is 0 Å². The molecule has 0 amide bonds. The molecule has 1 aliphatic rings. The highest BCUT2D eigenvalue weighted by Crippen LogP contribution is 2.38. The van der Waals surface area contributed by atoms with Crippen LogP contribution >= 0.6 is 0 Å². The molecule has 3 nitrogen and oxygen atoms in total. The van der Waals surface area contributed by atoms with Gasteiger partial charge in [-0.25, -0.2) is 0 Å². The van der Waals surface area contributed by atoms with Crippen LogP contribution in [0.2, 0.25) is 18.1 Å². The van der Waals surface area contributed by atoms with Crippen molar-refractivity contribution in [3.63, 3.8) is 0 Å². The molecule has 1 unspecified atom stereocenters. The first-order valence-corrected chi connectivity index (χ1v) is 11.3. The third kappa shape index (κ3) is 4.65. The van der Waals surface area contributed by atoms with Gasteiger partial charge in [-0.3, -0.25) is 4.90 Å². The zero-order valence-corrected chi connectivity index (χ0v) is 15.8. The quantitative estimate of drug-likeness (QED) is 0.861. The molecule has 2 N–H and O–H groups in total. The summed E-state index contributed by atoms with van der Waals surface area (Å²) in [5.74, 6) is 0. The van der Waals surface area contributed by atoms with Gasteiger partial charge in [0.25, 0.3) is 0 Å². The van der Waals surface area contributed by atoms with Crippen LogP contribution in [0, 0.1) is 0 Å². The highest BCUT2D eigenvalue weighted by Gasteiger charge is 2.40. The highest BCUT2D eigenvalue weighted by molar-refractivity contribution is 6.74. The van der Waals surface area contributed by atoms with Crippen molar-refractivity contribution in [3.05, 3.63) is 35.9 Å². The van der Waals surface area contributed by atoms with Crippen molar-refractivity contribution in [3.8, 4) is 0 Å². The molecular weight excluding hydrogens is 288 g/mol. The Labute approximate surface area is 137 Å². The van der Waals surface area contributed by atoms with E-state index >= 15 is 0 Å². The van der Waals surface area contributed by atoms with Gasteiger partial charge in [-0.15, -0.1) is 0 Å². The summed E-state index contributed by atoms with van der Waals surface area (Å²) >= 11 is 0. The number of benzene rings is 1. The second kappa shape index (κ2) is 6.83. The minimum absolute atomic E-state index is 0.215. The number of piperidine rings is 1. The smallest absolute Gasteiger partial charge is 0.192 e. The Kier molecular flexibility index (Phi) is 5.48. The van der Waals surface area contributed by atoms with E-state index in [1.165, 1.54) is 5.56 Å². The highest BCUT2D eigenvalue weighted by atomic mass is 28.4. The van der Waals surface area contributed by atoms with Crippen molar-refractivity contribution in [2.24, 2.45) is 5.73 Å². The van der Waals surface area contributed by atoms with E-state index in [0.717, 1.165) is 26.1 Å². The third-order valence-corrected chi connectivity index (χ3v) is 9.57. The first kappa shape index (κ1) is 17.7.